The van der Waals surface area contributed by atoms with E-state index in [0.717, 1.165) is 7.05 Å². The first-order valence-corrected chi connectivity index (χ1v) is 8.22. The van der Waals surface area contributed by atoms with Gasteiger partial charge >= 0.3 is 11.7 Å². The topological polar surface area (TPSA) is 75.2 Å². The van der Waals surface area contributed by atoms with Crippen molar-refractivity contribution in [3.8, 4) is 11.3 Å². The van der Waals surface area contributed by atoms with E-state index < -0.39 is 60.4 Å². The molecule has 1 atom stereocenters. The van der Waals surface area contributed by atoms with Crippen molar-refractivity contribution in [1.29, 1.82) is 0 Å². The van der Waals surface area contributed by atoms with Crippen LogP contribution in [0.5, 0.6) is 0 Å². The zero-order valence-corrected chi connectivity index (χ0v) is 14.7. The monoisotopic (exact) mass is 441 g/mol. The average molecular weight is 442 g/mol. The summed E-state index contributed by atoms with van der Waals surface area (Å²) in [6.45, 7) is 0. The molecular weight excluding hydrogens is 435 g/mol. The average Bonchev–Trinajstić information content (AvgIpc) is 2.88. The molecule has 0 saturated carbocycles. The van der Waals surface area contributed by atoms with Gasteiger partial charge in [0.25, 0.3) is 0 Å². The fraction of sp³-hybridized carbons (Fsp3) is 0.250. The number of anilines is 1. The Labute approximate surface area is 154 Å². The number of nitrogens with one attached hydrogen (secondary N) is 1. The fourth-order valence-corrected chi connectivity index (χ4v) is 3.54. The minimum absolute atomic E-state index is 0.182. The van der Waals surface area contributed by atoms with Crippen molar-refractivity contribution < 1.29 is 36.1 Å². The number of benzene rings is 1. The van der Waals surface area contributed by atoms with Gasteiger partial charge in [0.05, 0.1) is 15.6 Å². The molecule has 0 spiro atoms. The van der Waals surface area contributed by atoms with Crippen LogP contribution in [0.4, 0.5) is 32.2 Å². The molecule has 26 heavy (non-hydrogen) atoms. The molecule has 0 saturated heterocycles. The molecule has 14 heteroatoms. The van der Waals surface area contributed by atoms with Gasteiger partial charge < -0.3 is 4.55 Å². The molecule has 1 unspecified atom stereocenters. The minimum Gasteiger partial charge on any atom is -0.604 e. The number of H-pyrrole nitrogens is 1. The first-order valence-electron chi connectivity index (χ1n) is 6.31. The smallest absolute Gasteiger partial charge is 0.578 e. The van der Waals surface area contributed by atoms with Crippen LogP contribution in [-0.2, 0) is 17.4 Å². The highest BCUT2D eigenvalue weighted by Gasteiger charge is 2.50. The van der Waals surface area contributed by atoms with Gasteiger partial charge in [0.2, 0.25) is 10.7 Å². The number of hydrogen-bond donors (Lipinski definition) is 2. The molecule has 0 fully saturated rings. The highest BCUT2D eigenvalue weighted by Crippen LogP contribution is 2.45. The second kappa shape index (κ2) is 7.00. The lowest BCUT2D eigenvalue weighted by Gasteiger charge is -2.16. The normalized spacial score (nSPS) is 13.8. The fourth-order valence-electron chi connectivity index (χ4n) is 1.97. The lowest BCUT2D eigenvalue weighted by Crippen LogP contribution is -2.26. The Bertz CT molecular complexity index is 801. The molecule has 0 bridgehead atoms. The summed E-state index contributed by atoms with van der Waals surface area (Å²) in [5.41, 5.74) is -7.68. The summed E-state index contributed by atoms with van der Waals surface area (Å²) in [6.07, 6.45) is -4.80. The summed E-state index contributed by atoms with van der Waals surface area (Å²) in [4.78, 5) is -1.04. The van der Waals surface area contributed by atoms with Crippen molar-refractivity contribution in [2.75, 3.05) is 12.1 Å². The molecular formula is C12H7Cl2F6N3O2S. The molecule has 2 aromatic rings. The third kappa shape index (κ3) is 3.98. The zero-order chi connectivity index (χ0) is 20.0. The molecule has 5 nitrogen and oxygen atoms in total. The number of alkyl halides is 6. The van der Waals surface area contributed by atoms with E-state index in [1.54, 1.807) is 0 Å². The van der Waals surface area contributed by atoms with E-state index >= 15 is 0 Å². The number of hydroxylamine groups is 1. The van der Waals surface area contributed by atoms with Gasteiger partial charge in [0.15, 0.2) is 5.69 Å². The number of aromatic amines is 1. The maximum atomic E-state index is 12.9. The summed E-state index contributed by atoms with van der Waals surface area (Å²) in [5.74, 6) is -0.692. The predicted molar refractivity (Wildman–Crippen MR) is 81.7 cm³/mol. The van der Waals surface area contributed by atoms with E-state index in [2.05, 4.69) is 5.10 Å². The van der Waals surface area contributed by atoms with Crippen LogP contribution >= 0.6 is 23.2 Å². The predicted octanol–water partition coefficient (Wildman–Crippen LogP) is 4.86. The maximum Gasteiger partial charge on any atom is 0.578 e. The summed E-state index contributed by atoms with van der Waals surface area (Å²) in [6, 6.07) is 0.889. The van der Waals surface area contributed by atoms with Crippen LogP contribution in [0.25, 0.3) is 11.3 Å². The molecule has 1 heterocycles. The molecule has 144 valence electrons. The van der Waals surface area contributed by atoms with Crippen LogP contribution in [0.1, 0.15) is 5.56 Å². The quantitative estimate of drug-likeness (QED) is 0.405. The van der Waals surface area contributed by atoms with Crippen LogP contribution < -0.4 is 5.06 Å². The van der Waals surface area contributed by atoms with E-state index in [1.807, 2.05) is 5.10 Å². The molecule has 2 rings (SSSR count). The summed E-state index contributed by atoms with van der Waals surface area (Å²) < 4.78 is 88.9. The third-order valence-electron chi connectivity index (χ3n) is 3.03. The maximum absolute atomic E-state index is 12.9. The van der Waals surface area contributed by atoms with E-state index in [0.29, 0.717) is 12.1 Å². The van der Waals surface area contributed by atoms with Gasteiger partial charge in [-0.3, -0.25) is 10.3 Å². The number of hydrogen-bond acceptors (Lipinski definition) is 4. The number of halogens is 8. The van der Waals surface area contributed by atoms with Gasteiger partial charge in [-0.05, 0) is 12.1 Å². The minimum atomic E-state index is -5.24. The standard InChI is InChI=1S/C12H7Cl2F6N3O2S/c1-23(24)10-9(26(25)12(18,19)20)8(21-22-10)7-5(13)2-4(3-6(7)14)11(15,16)17/h2-3,24H,1H3,(H,21,22). The Morgan fingerprint density at radius 3 is 2.04 bits per heavy atom. The Hall–Kier alpha value is -1.34. The summed E-state index contributed by atoms with van der Waals surface area (Å²) >= 11 is 7.83. The van der Waals surface area contributed by atoms with Gasteiger partial charge in [-0.2, -0.15) is 18.3 Å². The van der Waals surface area contributed by atoms with Gasteiger partial charge in [-0.25, -0.2) is 5.06 Å². The van der Waals surface area contributed by atoms with Crippen LogP contribution in [0, 0.1) is 0 Å². The van der Waals surface area contributed by atoms with Crippen molar-refractivity contribution >= 4 is 40.2 Å². The Kier molecular flexibility index (Phi) is 5.64. The largest absolute Gasteiger partial charge is 0.604 e. The highest BCUT2D eigenvalue weighted by atomic mass is 35.5. The molecule has 2 N–H and O–H groups in total. The molecule has 0 aliphatic rings. The number of nitrogens with zero attached hydrogens (tertiary/aromatic N) is 2. The van der Waals surface area contributed by atoms with Crippen LogP contribution in [-0.4, -0.2) is 32.5 Å². The molecule has 1 aromatic heterocycles. The second-order valence-corrected chi connectivity index (χ2v) is 7.02. The molecule has 1 aromatic carbocycles. The van der Waals surface area contributed by atoms with E-state index in [4.69, 9.17) is 23.2 Å². The molecule has 0 amide bonds. The van der Waals surface area contributed by atoms with E-state index in [1.165, 1.54) is 0 Å². The Morgan fingerprint density at radius 2 is 1.65 bits per heavy atom. The highest BCUT2D eigenvalue weighted by molar-refractivity contribution is 7.92. The Balaban J connectivity index is 2.74. The second-order valence-electron chi connectivity index (χ2n) is 4.80. The lowest BCUT2D eigenvalue weighted by atomic mass is 10.1. The third-order valence-corrected chi connectivity index (χ3v) is 4.80. The van der Waals surface area contributed by atoms with Gasteiger partial charge in [0, 0.05) is 12.6 Å². The summed E-state index contributed by atoms with van der Waals surface area (Å²) in [5, 5.41) is 13.8. The van der Waals surface area contributed by atoms with Gasteiger partial charge in [-0.1, -0.05) is 23.2 Å². The lowest BCUT2D eigenvalue weighted by molar-refractivity contribution is -0.137. The zero-order valence-electron chi connectivity index (χ0n) is 12.3. The number of rotatable bonds is 3. The van der Waals surface area contributed by atoms with Crippen molar-refractivity contribution in [3.63, 3.8) is 0 Å². The van der Waals surface area contributed by atoms with Crippen molar-refractivity contribution in [2.24, 2.45) is 0 Å². The van der Waals surface area contributed by atoms with Crippen molar-refractivity contribution in [3.05, 3.63) is 27.7 Å². The number of aromatic nitrogens is 2. The SMILES string of the molecule is CN(O)c1[nH]nc(-c2c(Cl)cc(C(F)(F)F)cc2Cl)c1[S+]([O-])C(F)(F)F. The van der Waals surface area contributed by atoms with Gasteiger partial charge in [0.1, 0.15) is 11.2 Å². The van der Waals surface area contributed by atoms with Crippen LogP contribution in [0.3, 0.4) is 0 Å². The summed E-state index contributed by atoms with van der Waals surface area (Å²) in [7, 11) is 0.921. The Morgan fingerprint density at radius 1 is 1.15 bits per heavy atom. The molecule has 0 aliphatic heterocycles. The first-order chi connectivity index (χ1) is 11.7. The van der Waals surface area contributed by atoms with Crippen LogP contribution in [0.2, 0.25) is 10.0 Å². The van der Waals surface area contributed by atoms with Gasteiger partial charge in [-0.15, -0.1) is 13.2 Å². The van der Waals surface area contributed by atoms with Crippen LogP contribution in [0.15, 0.2) is 17.0 Å². The van der Waals surface area contributed by atoms with Crippen molar-refractivity contribution in [2.45, 2.75) is 16.6 Å². The van der Waals surface area contributed by atoms with E-state index in [-0.39, 0.29) is 5.06 Å². The first kappa shape index (κ1) is 21.0. The van der Waals surface area contributed by atoms with Crippen molar-refractivity contribution in [1.82, 2.24) is 10.2 Å². The molecule has 0 aliphatic carbocycles. The molecule has 0 radical (unpaired) electrons. The van der Waals surface area contributed by atoms with E-state index in [9.17, 15) is 36.1 Å².